The van der Waals surface area contributed by atoms with Crippen LogP contribution in [0.5, 0.6) is 0 Å². The molecule has 0 aromatic carbocycles. The Morgan fingerprint density at radius 1 is 1.56 bits per heavy atom. The first-order valence-electron chi connectivity index (χ1n) is 5.28. The minimum Gasteiger partial charge on any atom is -0.397 e. The van der Waals surface area contributed by atoms with Crippen molar-refractivity contribution < 1.29 is 4.74 Å². The molecule has 0 bridgehead atoms. The molecule has 0 aliphatic carbocycles. The van der Waals surface area contributed by atoms with Crippen LogP contribution in [0, 0.1) is 6.92 Å². The van der Waals surface area contributed by atoms with Crippen LogP contribution in [0.2, 0.25) is 0 Å². The molecule has 1 heterocycles. The number of aryl methyl sites for hydroxylation is 1. The van der Waals surface area contributed by atoms with Gasteiger partial charge in [0.25, 0.3) is 0 Å². The maximum absolute atomic E-state index is 5.67. The van der Waals surface area contributed by atoms with Gasteiger partial charge in [-0.25, -0.2) is 4.98 Å². The molecule has 0 unspecified atom stereocenters. The van der Waals surface area contributed by atoms with E-state index in [9.17, 15) is 0 Å². The van der Waals surface area contributed by atoms with Gasteiger partial charge >= 0.3 is 0 Å². The highest BCUT2D eigenvalue weighted by molar-refractivity contribution is 5.48. The molecule has 3 N–H and O–H groups in total. The fourth-order valence-electron chi connectivity index (χ4n) is 1.17. The highest BCUT2D eigenvalue weighted by Gasteiger charge is 1.97. The van der Waals surface area contributed by atoms with Crippen LogP contribution in [0.1, 0.15) is 12.6 Å². The van der Waals surface area contributed by atoms with Crippen LogP contribution >= 0.6 is 0 Å². The summed E-state index contributed by atoms with van der Waals surface area (Å²) >= 11 is 0. The Morgan fingerprint density at radius 3 is 2.94 bits per heavy atom. The molecule has 4 nitrogen and oxygen atoms in total. The van der Waals surface area contributed by atoms with Crippen molar-refractivity contribution in [2.24, 2.45) is 0 Å². The first kappa shape index (κ1) is 12.5. The molecule has 1 rings (SSSR count). The molecule has 0 radical (unpaired) electrons. The lowest BCUT2D eigenvalue weighted by Crippen LogP contribution is -2.11. The van der Waals surface area contributed by atoms with E-state index >= 15 is 0 Å². The number of nitrogens with two attached hydrogens (primary N) is 1. The van der Waals surface area contributed by atoms with E-state index in [1.54, 1.807) is 0 Å². The maximum atomic E-state index is 5.67. The monoisotopic (exact) mass is 221 g/mol. The summed E-state index contributed by atoms with van der Waals surface area (Å²) in [6.45, 7) is 9.56. The highest BCUT2D eigenvalue weighted by Crippen LogP contribution is 2.11. The lowest BCUT2D eigenvalue weighted by molar-refractivity contribution is 0.167. The van der Waals surface area contributed by atoms with Gasteiger partial charge in [0.2, 0.25) is 0 Å². The van der Waals surface area contributed by atoms with Crippen LogP contribution in [-0.4, -0.2) is 24.7 Å². The zero-order chi connectivity index (χ0) is 12.0. The number of pyridine rings is 1. The van der Waals surface area contributed by atoms with Gasteiger partial charge in [0, 0.05) is 6.54 Å². The highest BCUT2D eigenvalue weighted by atomic mass is 16.5. The van der Waals surface area contributed by atoms with E-state index in [-0.39, 0.29) is 0 Å². The van der Waals surface area contributed by atoms with E-state index in [0.29, 0.717) is 18.9 Å². The van der Waals surface area contributed by atoms with Gasteiger partial charge in [0.1, 0.15) is 5.82 Å². The number of rotatable bonds is 6. The number of anilines is 2. The van der Waals surface area contributed by atoms with E-state index in [1.165, 1.54) is 0 Å². The summed E-state index contributed by atoms with van der Waals surface area (Å²) in [5.74, 6) is 0.825. The second-order valence-corrected chi connectivity index (χ2v) is 3.81. The van der Waals surface area contributed by atoms with Crippen LogP contribution in [0.15, 0.2) is 24.3 Å². The summed E-state index contributed by atoms with van der Waals surface area (Å²) in [4.78, 5) is 4.30. The summed E-state index contributed by atoms with van der Waals surface area (Å²) in [6, 6.07) is 3.71. The number of nitrogens with one attached hydrogen (secondary N) is 1. The number of aromatic nitrogens is 1. The zero-order valence-electron chi connectivity index (χ0n) is 9.92. The number of nitrogen functional groups attached to an aromatic ring is 1. The molecule has 0 aliphatic heterocycles. The minimum absolute atomic E-state index is 0.607. The van der Waals surface area contributed by atoms with Crippen LogP contribution in [0.3, 0.4) is 0 Å². The van der Waals surface area contributed by atoms with Crippen molar-refractivity contribution in [1.29, 1.82) is 0 Å². The smallest absolute Gasteiger partial charge is 0.126 e. The molecule has 0 spiro atoms. The topological polar surface area (TPSA) is 60.2 Å². The van der Waals surface area contributed by atoms with Gasteiger partial charge in [-0.1, -0.05) is 12.2 Å². The molecule has 1 aromatic heterocycles. The van der Waals surface area contributed by atoms with Gasteiger partial charge in [-0.05, 0) is 26.0 Å². The van der Waals surface area contributed by atoms with Gasteiger partial charge in [0.15, 0.2) is 0 Å². The van der Waals surface area contributed by atoms with Gasteiger partial charge in [-0.2, -0.15) is 0 Å². The van der Waals surface area contributed by atoms with Crippen molar-refractivity contribution in [2.45, 2.75) is 13.8 Å². The first-order valence-corrected chi connectivity index (χ1v) is 5.28. The van der Waals surface area contributed by atoms with Crippen molar-refractivity contribution >= 4 is 11.5 Å². The lowest BCUT2D eigenvalue weighted by atomic mass is 10.3. The van der Waals surface area contributed by atoms with Gasteiger partial charge in [-0.3, -0.25) is 0 Å². The second kappa shape index (κ2) is 6.12. The third-order valence-electron chi connectivity index (χ3n) is 2.03. The van der Waals surface area contributed by atoms with Crippen LogP contribution in [-0.2, 0) is 4.74 Å². The zero-order valence-corrected chi connectivity index (χ0v) is 9.92. The van der Waals surface area contributed by atoms with Crippen molar-refractivity contribution in [3.05, 3.63) is 30.0 Å². The average Bonchev–Trinajstić information content (AvgIpc) is 2.22. The molecule has 0 saturated heterocycles. The standard InChI is InChI=1S/C12H19N3O/c1-9(2)8-16-7-6-14-12-5-4-11(13)10(3)15-12/h4-5H,1,6-8,13H2,2-3H3,(H,14,15). The molecule has 4 heteroatoms. The largest absolute Gasteiger partial charge is 0.397 e. The Kier molecular flexibility index (Phi) is 4.79. The number of nitrogens with zero attached hydrogens (tertiary/aromatic N) is 1. The number of hydrogen-bond acceptors (Lipinski definition) is 4. The molecule has 88 valence electrons. The predicted molar refractivity (Wildman–Crippen MR) is 67.5 cm³/mol. The van der Waals surface area contributed by atoms with Crippen LogP contribution < -0.4 is 11.1 Å². The number of hydrogen-bond donors (Lipinski definition) is 2. The minimum atomic E-state index is 0.607. The van der Waals surface area contributed by atoms with Crippen molar-refractivity contribution in [3.63, 3.8) is 0 Å². The molecule has 0 fully saturated rings. The Bertz CT molecular complexity index is 363. The second-order valence-electron chi connectivity index (χ2n) is 3.81. The molecule has 0 saturated carbocycles. The quantitative estimate of drug-likeness (QED) is 0.569. The summed E-state index contributed by atoms with van der Waals surface area (Å²) < 4.78 is 5.36. The molecule has 0 aliphatic rings. The molecule has 0 amide bonds. The summed E-state index contributed by atoms with van der Waals surface area (Å²) in [6.07, 6.45) is 0. The maximum Gasteiger partial charge on any atom is 0.126 e. The fraction of sp³-hybridized carbons (Fsp3) is 0.417. The van der Waals surface area contributed by atoms with Crippen molar-refractivity contribution in [1.82, 2.24) is 4.98 Å². The third kappa shape index (κ3) is 4.31. The van der Waals surface area contributed by atoms with Crippen molar-refractivity contribution in [3.8, 4) is 0 Å². The van der Waals surface area contributed by atoms with E-state index in [4.69, 9.17) is 10.5 Å². The van der Waals surface area contributed by atoms with E-state index < -0.39 is 0 Å². The van der Waals surface area contributed by atoms with Gasteiger partial charge in [-0.15, -0.1) is 0 Å². The molecular formula is C12H19N3O. The Balaban J connectivity index is 2.27. The molecular weight excluding hydrogens is 202 g/mol. The summed E-state index contributed by atoms with van der Waals surface area (Å²) in [7, 11) is 0. The Morgan fingerprint density at radius 2 is 2.31 bits per heavy atom. The van der Waals surface area contributed by atoms with Gasteiger partial charge < -0.3 is 15.8 Å². The first-order chi connectivity index (χ1) is 7.59. The average molecular weight is 221 g/mol. The normalized spacial score (nSPS) is 10.1. The molecule has 0 atom stereocenters. The van der Waals surface area contributed by atoms with E-state index in [1.807, 2.05) is 26.0 Å². The number of ether oxygens (including phenoxy) is 1. The molecule has 1 aromatic rings. The fourth-order valence-corrected chi connectivity index (χ4v) is 1.17. The van der Waals surface area contributed by atoms with Crippen LogP contribution in [0.25, 0.3) is 0 Å². The molecule has 16 heavy (non-hydrogen) atoms. The van der Waals surface area contributed by atoms with Crippen molar-refractivity contribution in [2.75, 3.05) is 30.8 Å². The summed E-state index contributed by atoms with van der Waals surface area (Å²) in [5, 5.41) is 3.17. The van der Waals surface area contributed by atoms with Crippen LogP contribution in [0.4, 0.5) is 11.5 Å². The van der Waals surface area contributed by atoms with Gasteiger partial charge in [0.05, 0.1) is 24.6 Å². The SMILES string of the molecule is C=C(C)COCCNc1ccc(N)c(C)n1. The third-order valence-corrected chi connectivity index (χ3v) is 2.03. The Labute approximate surface area is 96.5 Å². The lowest BCUT2D eigenvalue weighted by Gasteiger charge is -2.08. The Hall–Kier alpha value is -1.55. The predicted octanol–water partition coefficient (Wildman–Crippen LogP) is 1.98. The summed E-state index contributed by atoms with van der Waals surface area (Å²) in [5.41, 5.74) is 8.26. The van der Waals surface area contributed by atoms with E-state index in [2.05, 4.69) is 16.9 Å². The van der Waals surface area contributed by atoms with E-state index in [0.717, 1.165) is 23.6 Å².